The number of hydrogen-bond acceptors (Lipinski definition) is 7. The lowest BCUT2D eigenvalue weighted by Gasteiger charge is -2.24. The van der Waals surface area contributed by atoms with Crippen LogP contribution in [-0.4, -0.2) is 61.2 Å². The molecule has 40 heavy (non-hydrogen) atoms. The highest BCUT2D eigenvalue weighted by Gasteiger charge is 2.44. The molecule has 1 saturated heterocycles. The zero-order valence-corrected chi connectivity index (χ0v) is 23.4. The fourth-order valence-electron chi connectivity index (χ4n) is 4.39. The smallest absolute Gasteiger partial charge is 0.338 e. The largest absolute Gasteiger partial charge is 0.497 e. The Morgan fingerprint density at radius 2 is 1.50 bits per heavy atom. The van der Waals surface area contributed by atoms with Gasteiger partial charge in [0.05, 0.1) is 38.5 Å². The maximum Gasteiger partial charge on any atom is 0.338 e. The lowest BCUT2D eigenvalue weighted by molar-refractivity contribution is -0.124. The predicted octanol–water partition coefficient (Wildman–Crippen LogP) is 4.45. The maximum absolute atomic E-state index is 13.7. The summed E-state index contributed by atoms with van der Waals surface area (Å²) in [6.07, 6.45) is 0.509. The summed E-state index contributed by atoms with van der Waals surface area (Å²) < 4.78 is 15.5. The number of nitrogens with one attached hydrogen (secondary N) is 1. The van der Waals surface area contributed by atoms with Gasteiger partial charge in [-0.25, -0.2) is 4.79 Å². The number of nitrogens with zero attached hydrogens (tertiary/aromatic N) is 2. The van der Waals surface area contributed by atoms with E-state index in [9.17, 15) is 14.4 Å². The van der Waals surface area contributed by atoms with Gasteiger partial charge in [0.2, 0.25) is 5.91 Å². The van der Waals surface area contributed by atoms with Gasteiger partial charge in [-0.2, -0.15) is 0 Å². The standard InChI is InChI=1S/C30H31N3O6S/c1-4-39-29(36)21-7-11-23(12-8-21)33-28(35)26(19-27(34)31-22-9-15-25(38-3)16-10-22)32(30(33)40)18-17-20-5-13-24(37-2)14-6-20/h5-16,26H,4,17-19H2,1-3H3,(H,31,34)/t26-/m1/s1. The highest BCUT2D eigenvalue weighted by atomic mass is 32.1. The Hall–Kier alpha value is -4.44. The number of carbonyl (C=O) groups is 3. The number of ether oxygens (including phenoxy) is 3. The Bertz CT molecular complexity index is 1360. The van der Waals surface area contributed by atoms with Crippen LogP contribution in [-0.2, 0) is 20.7 Å². The summed E-state index contributed by atoms with van der Waals surface area (Å²) in [7, 11) is 3.18. The van der Waals surface area contributed by atoms with E-state index in [0.717, 1.165) is 11.3 Å². The van der Waals surface area contributed by atoms with E-state index in [1.807, 2.05) is 24.3 Å². The number of benzene rings is 3. The zero-order valence-electron chi connectivity index (χ0n) is 22.6. The summed E-state index contributed by atoms with van der Waals surface area (Å²) in [4.78, 5) is 42.0. The number of thiocarbonyl (C=S) groups is 1. The number of amides is 2. The van der Waals surface area contributed by atoms with Crippen molar-refractivity contribution in [2.24, 2.45) is 0 Å². The van der Waals surface area contributed by atoms with Crippen molar-refractivity contribution in [1.82, 2.24) is 4.90 Å². The van der Waals surface area contributed by atoms with E-state index in [4.69, 9.17) is 26.4 Å². The molecule has 3 aromatic rings. The molecule has 9 nitrogen and oxygen atoms in total. The van der Waals surface area contributed by atoms with Crippen LogP contribution in [0, 0.1) is 0 Å². The topological polar surface area (TPSA) is 97.4 Å². The van der Waals surface area contributed by atoms with E-state index in [2.05, 4.69) is 5.32 Å². The van der Waals surface area contributed by atoms with Gasteiger partial charge in [0.1, 0.15) is 17.5 Å². The minimum atomic E-state index is -0.797. The molecule has 208 valence electrons. The summed E-state index contributed by atoms with van der Waals surface area (Å²) in [5, 5.41) is 3.14. The molecule has 4 rings (SSSR count). The highest BCUT2D eigenvalue weighted by Crippen LogP contribution is 2.28. The van der Waals surface area contributed by atoms with Crippen molar-refractivity contribution in [2.75, 3.05) is 37.6 Å². The van der Waals surface area contributed by atoms with Gasteiger partial charge in [0, 0.05) is 12.2 Å². The first kappa shape index (κ1) is 28.6. The predicted molar refractivity (Wildman–Crippen MR) is 156 cm³/mol. The first-order valence-corrected chi connectivity index (χ1v) is 13.2. The van der Waals surface area contributed by atoms with Crippen LogP contribution in [0.1, 0.15) is 29.3 Å². The van der Waals surface area contributed by atoms with Gasteiger partial charge in [-0.15, -0.1) is 0 Å². The zero-order chi connectivity index (χ0) is 28.6. The van der Waals surface area contributed by atoms with Gasteiger partial charge >= 0.3 is 5.97 Å². The summed E-state index contributed by atoms with van der Waals surface area (Å²) in [5.41, 5.74) is 2.51. The van der Waals surface area contributed by atoms with Crippen molar-refractivity contribution in [2.45, 2.75) is 25.8 Å². The number of esters is 1. The quantitative estimate of drug-likeness (QED) is 0.271. The number of rotatable bonds is 11. The molecule has 0 radical (unpaired) electrons. The average molecular weight is 562 g/mol. The first-order valence-electron chi connectivity index (χ1n) is 12.8. The summed E-state index contributed by atoms with van der Waals surface area (Å²) in [5.74, 6) is 0.345. The molecule has 1 N–H and O–H groups in total. The van der Waals surface area contributed by atoms with E-state index in [0.29, 0.717) is 40.8 Å². The second kappa shape index (κ2) is 13.1. The van der Waals surface area contributed by atoms with Crippen LogP contribution in [0.15, 0.2) is 72.8 Å². The molecule has 1 aliphatic heterocycles. The molecule has 10 heteroatoms. The Morgan fingerprint density at radius 1 is 0.900 bits per heavy atom. The maximum atomic E-state index is 13.7. The normalized spacial score (nSPS) is 14.7. The summed E-state index contributed by atoms with van der Waals surface area (Å²) in [6.45, 7) is 2.42. The van der Waals surface area contributed by atoms with Crippen LogP contribution >= 0.6 is 12.2 Å². The summed E-state index contributed by atoms with van der Waals surface area (Å²) in [6, 6.07) is 20.3. The van der Waals surface area contributed by atoms with Crippen molar-refractivity contribution in [3.63, 3.8) is 0 Å². The molecule has 3 aromatic carbocycles. The number of hydrogen-bond donors (Lipinski definition) is 1. The minimum absolute atomic E-state index is 0.0922. The van der Waals surface area contributed by atoms with Crippen molar-refractivity contribution in [3.05, 3.63) is 83.9 Å². The lowest BCUT2D eigenvalue weighted by Crippen LogP contribution is -2.39. The third-order valence-corrected chi connectivity index (χ3v) is 6.93. The van der Waals surface area contributed by atoms with Crippen LogP contribution in [0.3, 0.4) is 0 Å². The van der Waals surface area contributed by atoms with E-state index < -0.39 is 12.0 Å². The molecule has 0 saturated carbocycles. The third kappa shape index (κ3) is 6.58. The van der Waals surface area contributed by atoms with Gasteiger partial charge in [0.25, 0.3) is 5.91 Å². The van der Waals surface area contributed by atoms with Gasteiger partial charge in [-0.3, -0.25) is 14.5 Å². The van der Waals surface area contributed by atoms with Crippen LogP contribution in [0.25, 0.3) is 0 Å². The van der Waals surface area contributed by atoms with E-state index in [-0.39, 0.29) is 24.8 Å². The molecule has 2 amide bonds. The average Bonchev–Trinajstić information content (AvgIpc) is 3.20. The van der Waals surface area contributed by atoms with Gasteiger partial charge in [0.15, 0.2) is 5.11 Å². The fourth-order valence-corrected chi connectivity index (χ4v) is 4.80. The minimum Gasteiger partial charge on any atom is -0.497 e. The van der Waals surface area contributed by atoms with Gasteiger partial charge in [-0.1, -0.05) is 12.1 Å². The van der Waals surface area contributed by atoms with Gasteiger partial charge in [-0.05, 0) is 91.8 Å². The van der Waals surface area contributed by atoms with Crippen molar-refractivity contribution in [3.8, 4) is 11.5 Å². The molecule has 1 fully saturated rings. The van der Waals surface area contributed by atoms with E-state index in [1.165, 1.54) is 4.90 Å². The molecule has 1 aliphatic rings. The van der Waals surface area contributed by atoms with Crippen molar-refractivity contribution < 1.29 is 28.6 Å². The second-order valence-corrected chi connectivity index (χ2v) is 9.38. The number of carbonyl (C=O) groups excluding carboxylic acids is 3. The fraction of sp³-hybridized carbons (Fsp3) is 0.267. The molecule has 1 atom stereocenters. The van der Waals surface area contributed by atoms with Crippen LogP contribution in [0.5, 0.6) is 11.5 Å². The van der Waals surface area contributed by atoms with E-state index in [1.54, 1.807) is 74.6 Å². The Labute approximate surface area is 238 Å². The molecule has 0 spiro atoms. The van der Waals surface area contributed by atoms with Gasteiger partial charge < -0.3 is 24.4 Å². The SMILES string of the molecule is CCOC(=O)c1ccc(N2C(=O)[C@@H](CC(=O)Nc3ccc(OC)cc3)N(CCc3ccc(OC)cc3)C2=S)cc1. The second-order valence-electron chi connectivity index (χ2n) is 9.01. The highest BCUT2D eigenvalue weighted by molar-refractivity contribution is 7.80. The van der Waals surface area contributed by atoms with Crippen LogP contribution < -0.4 is 19.7 Å². The van der Waals surface area contributed by atoms with Crippen molar-refractivity contribution in [1.29, 1.82) is 0 Å². The van der Waals surface area contributed by atoms with Crippen molar-refractivity contribution >= 4 is 46.5 Å². The lowest BCUT2D eigenvalue weighted by atomic mass is 10.1. The molecular formula is C30H31N3O6S. The summed E-state index contributed by atoms with van der Waals surface area (Å²) >= 11 is 5.76. The molecule has 0 unspecified atom stereocenters. The Kier molecular flexibility index (Phi) is 9.34. The first-order chi connectivity index (χ1) is 19.3. The van der Waals surface area contributed by atoms with Crippen LogP contribution in [0.4, 0.5) is 11.4 Å². The van der Waals surface area contributed by atoms with E-state index >= 15 is 0 Å². The number of anilines is 2. The monoisotopic (exact) mass is 561 g/mol. The molecule has 0 aromatic heterocycles. The molecule has 0 aliphatic carbocycles. The Balaban J connectivity index is 1.54. The third-order valence-electron chi connectivity index (χ3n) is 6.51. The number of methoxy groups -OCH3 is 2. The molecule has 1 heterocycles. The molecular weight excluding hydrogens is 530 g/mol. The molecule has 0 bridgehead atoms. The Morgan fingerprint density at radius 3 is 2.08 bits per heavy atom. The van der Waals surface area contributed by atoms with Crippen LogP contribution in [0.2, 0.25) is 0 Å².